The number of rotatable bonds is 11. The van der Waals surface area contributed by atoms with Crippen molar-refractivity contribution in [3.05, 3.63) is 0 Å². The van der Waals surface area contributed by atoms with Crippen molar-refractivity contribution in [2.45, 2.75) is 65.7 Å². The van der Waals surface area contributed by atoms with Gasteiger partial charge in [0.05, 0.1) is 6.61 Å². The van der Waals surface area contributed by atoms with Gasteiger partial charge in [0.15, 0.2) is 0 Å². The average Bonchev–Trinajstić information content (AvgIpc) is 2.33. The summed E-state index contributed by atoms with van der Waals surface area (Å²) >= 11 is 0. The molecule has 118 valence electrons. The second-order valence-electron chi connectivity index (χ2n) is 4.15. The van der Waals surface area contributed by atoms with Crippen LogP contribution in [0.25, 0.3) is 0 Å². The fraction of sp³-hybridized carbons (Fsp3) is 1.00. The molecule has 0 aromatic rings. The Hall–Kier alpha value is -0.170. The molecule has 0 rings (SSSR count). The van der Waals surface area contributed by atoms with Crippen LogP contribution in [0, 0.1) is 0 Å². The van der Waals surface area contributed by atoms with Crippen LogP contribution in [0.3, 0.4) is 0 Å². The molecule has 0 aromatic carbocycles. The molecule has 0 unspecified atom stereocenters. The molecule has 19 heavy (non-hydrogen) atoms. The molecule has 0 aliphatic heterocycles. The first-order chi connectivity index (χ1) is 8.97. The molecule has 0 aromatic heterocycles. The molecule has 1 N–H and O–H groups in total. The minimum atomic E-state index is -4.23. The van der Waals surface area contributed by atoms with Gasteiger partial charge in [-0.25, -0.2) is 4.18 Å². The second-order valence-corrected chi connectivity index (χ2v) is 5.24. The lowest BCUT2D eigenvalue weighted by atomic mass is 10.1. The molecule has 6 heteroatoms. The summed E-state index contributed by atoms with van der Waals surface area (Å²) in [7, 11) is -4.23. The van der Waals surface area contributed by atoms with Crippen LogP contribution in [0.1, 0.15) is 65.7 Å². The Morgan fingerprint density at radius 1 is 0.842 bits per heavy atom. The first-order valence-corrected chi connectivity index (χ1v) is 8.54. The van der Waals surface area contributed by atoms with E-state index in [1.807, 2.05) is 13.8 Å². The van der Waals surface area contributed by atoms with Crippen LogP contribution in [0.15, 0.2) is 0 Å². The van der Waals surface area contributed by atoms with Crippen molar-refractivity contribution in [3.8, 4) is 0 Å². The normalized spacial score (nSPS) is 10.9. The van der Waals surface area contributed by atoms with Crippen LogP contribution in [-0.4, -0.2) is 32.8 Å². The van der Waals surface area contributed by atoms with Crippen molar-refractivity contribution in [3.63, 3.8) is 0 Å². The van der Waals surface area contributed by atoms with Gasteiger partial charge in [0.25, 0.3) is 0 Å². The van der Waals surface area contributed by atoms with Crippen LogP contribution in [0.5, 0.6) is 0 Å². The standard InChI is InChI=1S/C9H20O4S.C4H10O/c1-2-3-4-5-6-7-8-9-13-14(10,11)12;1-3-5-4-2/h2-9H2,1H3,(H,10,11,12);3-4H2,1-2H3. The predicted molar refractivity (Wildman–Crippen MR) is 77.7 cm³/mol. The number of hydrogen-bond donors (Lipinski definition) is 1. The van der Waals surface area contributed by atoms with Crippen LogP contribution < -0.4 is 0 Å². The molecule has 0 saturated carbocycles. The lowest BCUT2D eigenvalue weighted by Gasteiger charge is -2.00. The van der Waals surface area contributed by atoms with Crippen molar-refractivity contribution in [2.75, 3.05) is 19.8 Å². The summed E-state index contributed by atoms with van der Waals surface area (Å²) in [6, 6.07) is 0. The van der Waals surface area contributed by atoms with Crippen molar-refractivity contribution in [2.24, 2.45) is 0 Å². The molecule has 0 heterocycles. The smallest absolute Gasteiger partial charge is 0.382 e. The van der Waals surface area contributed by atoms with E-state index in [1.54, 1.807) is 0 Å². The maximum atomic E-state index is 10.1. The van der Waals surface area contributed by atoms with E-state index in [4.69, 9.17) is 9.29 Å². The molecule has 5 nitrogen and oxygen atoms in total. The molecule has 0 aliphatic rings. The summed E-state index contributed by atoms with van der Waals surface area (Å²) in [5.41, 5.74) is 0. The Labute approximate surface area is 118 Å². The molecule has 0 saturated heterocycles. The Morgan fingerprint density at radius 2 is 1.32 bits per heavy atom. The molecule has 0 spiro atoms. The fourth-order valence-electron chi connectivity index (χ4n) is 1.43. The first-order valence-electron chi connectivity index (χ1n) is 7.17. The van der Waals surface area contributed by atoms with Crippen LogP contribution in [0.2, 0.25) is 0 Å². The van der Waals surface area contributed by atoms with Gasteiger partial charge in [-0.15, -0.1) is 0 Å². The van der Waals surface area contributed by atoms with E-state index in [2.05, 4.69) is 11.1 Å². The highest BCUT2D eigenvalue weighted by atomic mass is 32.3. The highest BCUT2D eigenvalue weighted by Gasteiger charge is 2.02. The lowest BCUT2D eigenvalue weighted by molar-refractivity contribution is 0.162. The predicted octanol–water partition coefficient (Wildman–Crippen LogP) is 3.60. The Bertz CT molecular complexity index is 250. The quantitative estimate of drug-likeness (QED) is 0.466. The summed E-state index contributed by atoms with van der Waals surface area (Å²) in [4.78, 5) is 0. The van der Waals surface area contributed by atoms with Crippen LogP contribution in [0.4, 0.5) is 0 Å². The number of hydrogen-bond acceptors (Lipinski definition) is 4. The van der Waals surface area contributed by atoms with E-state index >= 15 is 0 Å². The van der Waals surface area contributed by atoms with Crippen molar-refractivity contribution in [1.82, 2.24) is 0 Å². The minimum absolute atomic E-state index is 0.0899. The van der Waals surface area contributed by atoms with E-state index < -0.39 is 10.4 Å². The van der Waals surface area contributed by atoms with E-state index in [0.29, 0.717) is 6.42 Å². The monoisotopic (exact) mass is 298 g/mol. The van der Waals surface area contributed by atoms with Crippen molar-refractivity contribution < 1.29 is 21.9 Å². The van der Waals surface area contributed by atoms with Gasteiger partial charge >= 0.3 is 10.4 Å². The largest absolute Gasteiger partial charge is 0.397 e. The summed E-state index contributed by atoms with van der Waals surface area (Å²) in [6.45, 7) is 7.92. The van der Waals surface area contributed by atoms with Gasteiger partial charge in [-0.3, -0.25) is 4.55 Å². The van der Waals surface area contributed by atoms with Gasteiger partial charge in [-0.2, -0.15) is 8.42 Å². The Kier molecular flexibility index (Phi) is 17.7. The zero-order chi connectivity index (χ0) is 15.0. The van der Waals surface area contributed by atoms with Gasteiger partial charge in [0, 0.05) is 13.2 Å². The molecule has 0 radical (unpaired) electrons. The number of unbranched alkanes of at least 4 members (excludes halogenated alkanes) is 6. The zero-order valence-electron chi connectivity index (χ0n) is 12.6. The average molecular weight is 298 g/mol. The zero-order valence-corrected chi connectivity index (χ0v) is 13.4. The Balaban J connectivity index is 0. The van der Waals surface area contributed by atoms with Gasteiger partial charge < -0.3 is 4.74 Å². The Morgan fingerprint density at radius 3 is 1.68 bits per heavy atom. The molecule has 0 amide bonds. The van der Waals surface area contributed by atoms with E-state index in [0.717, 1.165) is 26.1 Å². The summed E-state index contributed by atoms with van der Waals surface area (Å²) < 4.78 is 37.5. The molecule has 0 aliphatic carbocycles. The number of ether oxygens (including phenoxy) is 1. The van der Waals surface area contributed by atoms with Gasteiger partial charge in [0.2, 0.25) is 0 Å². The second kappa shape index (κ2) is 15.9. The van der Waals surface area contributed by atoms with Crippen molar-refractivity contribution in [1.29, 1.82) is 0 Å². The topological polar surface area (TPSA) is 72.8 Å². The molecule has 0 fully saturated rings. The maximum Gasteiger partial charge on any atom is 0.397 e. The summed E-state index contributed by atoms with van der Waals surface area (Å²) in [5, 5.41) is 0. The summed E-state index contributed by atoms with van der Waals surface area (Å²) in [5.74, 6) is 0. The third kappa shape index (κ3) is 27.1. The van der Waals surface area contributed by atoms with Crippen LogP contribution in [-0.2, 0) is 19.3 Å². The van der Waals surface area contributed by atoms with E-state index in [1.165, 1.54) is 25.7 Å². The van der Waals surface area contributed by atoms with E-state index in [-0.39, 0.29) is 6.61 Å². The van der Waals surface area contributed by atoms with E-state index in [9.17, 15) is 8.42 Å². The fourth-order valence-corrected chi connectivity index (χ4v) is 1.76. The molecular weight excluding hydrogens is 268 g/mol. The highest BCUT2D eigenvalue weighted by molar-refractivity contribution is 7.80. The third-order valence-corrected chi connectivity index (χ3v) is 2.85. The van der Waals surface area contributed by atoms with Gasteiger partial charge in [-0.05, 0) is 20.3 Å². The van der Waals surface area contributed by atoms with Gasteiger partial charge in [-0.1, -0.05) is 45.4 Å². The lowest BCUT2D eigenvalue weighted by Crippen LogP contribution is -2.04. The maximum absolute atomic E-state index is 10.1. The van der Waals surface area contributed by atoms with Gasteiger partial charge in [0.1, 0.15) is 0 Å². The molecule has 0 bridgehead atoms. The molecular formula is C13H30O5S. The SMILES string of the molecule is CCCCCCCCCOS(=O)(=O)O.CCOCC. The van der Waals surface area contributed by atoms with Crippen molar-refractivity contribution >= 4 is 10.4 Å². The summed E-state index contributed by atoms with van der Waals surface area (Å²) in [6.07, 6.45) is 7.68. The van der Waals surface area contributed by atoms with Crippen LogP contribution >= 0.6 is 0 Å². The third-order valence-electron chi connectivity index (χ3n) is 2.39. The highest BCUT2D eigenvalue weighted by Crippen LogP contribution is 2.07. The molecule has 0 atom stereocenters. The minimum Gasteiger partial charge on any atom is -0.382 e. The first kappa shape index (κ1) is 21.1.